The molecule has 0 unspecified atom stereocenters. The van der Waals surface area contributed by atoms with Crippen LogP contribution in [0.5, 0.6) is 5.88 Å². The van der Waals surface area contributed by atoms with E-state index in [-0.39, 0.29) is 12.0 Å². The third-order valence-corrected chi connectivity index (χ3v) is 7.69. The van der Waals surface area contributed by atoms with Crippen LogP contribution in [0.3, 0.4) is 0 Å². The quantitative estimate of drug-likeness (QED) is 0.538. The molecule has 0 N–H and O–H groups in total. The molecule has 2 atom stereocenters. The Bertz CT molecular complexity index is 985. The number of nitrogens with zero attached hydrogens (tertiary/aromatic N) is 3. The van der Waals surface area contributed by atoms with Gasteiger partial charge in [0.1, 0.15) is 6.61 Å². The molecule has 0 radical (unpaired) electrons. The second kappa shape index (κ2) is 11.1. The standard InChI is InChI=1S/C28H35N3O4/c32-27(30-12-4-13-30)17-22-7-8-26(29-19-22)34-16-11-24-18-25(24)23-9-14-31(15-10-23)28(33)35-20-21-5-2-1-3-6-21/h1-3,5-8,19,23-25H,4,9-18,20H2/t24-,25+/m0/s1. The van der Waals surface area contributed by atoms with Gasteiger partial charge in [0.15, 0.2) is 0 Å². The summed E-state index contributed by atoms with van der Waals surface area (Å²) in [4.78, 5) is 32.6. The first kappa shape index (κ1) is 23.6. The zero-order chi connectivity index (χ0) is 24.0. The van der Waals surface area contributed by atoms with Crippen molar-refractivity contribution in [3.63, 3.8) is 0 Å². The van der Waals surface area contributed by atoms with Crippen LogP contribution in [-0.2, 0) is 22.6 Å². The molecule has 35 heavy (non-hydrogen) atoms. The number of hydrogen-bond acceptors (Lipinski definition) is 5. The van der Waals surface area contributed by atoms with Gasteiger partial charge in [-0.3, -0.25) is 4.79 Å². The lowest BCUT2D eigenvalue weighted by atomic mass is 9.91. The van der Waals surface area contributed by atoms with E-state index < -0.39 is 0 Å². The second-order valence-electron chi connectivity index (χ2n) is 10.1. The summed E-state index contributed by atoms with van der Waals surface area (Å²) >= 11 is 0. The number of pyridine rings is 1. The van der Waals surface area contributed by atoms with Gasteiger partial charge >= 0.3 is 6.09 Å². The summed E-state index contributed by atoms with van der Waals surface area (Å²) < 4.78 is 11.4. The molecule has 186 valence electrons. The minimum atomic E-state index is -0.198. The van der Waals surface area contributed by atoms with Crippen molar-refractivity contribution >= 4 is 12.0 Å². The lowest BCUT2D eigenvalue weighted by molar-refractivity contribution is -0.133. The molecular weight excluding hydrogens is 442 g/mol. The average Bonchev–Trinajstić information content (AvgIpc) is 3.63. The lowest BCUT2D eigenvalue weighted by Gasteiger charge is -2.31. The normalized spacial score (nSPS) is 21.8. The predicted molar refractivity (Wildman–Crippen MR) is 132 cm³/mol. The van der Waals surface area contributed by atoms with Gasteiger partial charge in [0.25, 0.3) is 0 Å². The minimum absolute atomic E-state index is 0.182. The maximum Gasteiger partial charge on any atom is 0.410 e. The highest BCUT2D eigenvalue weighted by molar-refractivity contribution is 5.79. The molecule has 0 bridgehead atoms. The molecule has 2 saturated heterocycles. The first-order chi connectivity index (χ1) is 17.2. The first-order valence-electron chi connectivity index (χ1n) is 13.0. The van der Waals surface area contributed by atoms with E-state index in [1.165, 1.54) is 6.42 Å². The summed E-state index contributed by atoms with van der Waals surface area (Å²) in [5, 5.41) is 0. The molecule has 7 heteroatoms. The molecule has 1 aliphatic carbocycles. The van der Waals surface area contributed by atoms with Crippen LogP contribution in [0.1, 0.15) is 43.2 Å². The molecule has 7 nitrogen and oxygen atoms in total. The van der Waals surface area contributed by atoms with Gasteiger partial charge in [0.05, 0.1) is 13.0 Å². The van der Waals surface area contributed by atoms with E-state index in [9.17, 15) is 9.59 Å². The summed E-state index contributed by atoms with van der Waals surface area (Å²) in [7, 11) is 0. The van der Waals surface area contributed by atoms with Gasteiger partial charge < -0.3 is 19.3 Å². The van der Waals surface area contributed by atoms with E-state index in [2.05, 4.69) is 4.98 Å². The van der Waals surface area contributed by atoms with Crippen molar-refractivity contribution in [2.24, 2.45) is 17.8 Å². The Morgan fingerprint density at radius 2 is 1.74 bits per heavy atom. The number of aromatic nitrogens is 1. The highest BCUT2D eigenvalue weighted by Crippen LogP contribution is 2.49. The van der Waals surface area contributed by atoms with Gasteiger partial charge in [-0.15, -0.1) is 0 Å². The maximum atomic E-state index is 12.4. The highest BCUT2D eigenvalue weighted by Gasteiger charge is 2.43. The molecule has 3 fully saturated rings. The van der Waals surface area contributed by atoms with Crippen LogP contribution in [0.2, 0.25) is 0 Å². The van der Waals surface area contributed by atoms with Crippen LogP contribution < -0.4 is 4.74 Å². The van der Waals surface area contributed by atoms with Crippen LogP contribution >= 0.6 is 0 Å². The van der Waals surface area contributed by atoms with Crippen molar-refractivity contribution in [3.8, 4) is 5.88 Å². The summed E-state index contributed by atoms with van der Waals surface area (Å²) in [6, 6.07) is 13.6. The molecule has 2 aromatic rings. The Morgan fingerprint density at radius 3 is 2.43 bits per heavy atom. The zero-order valence-electron chi connectivity index (χ0n) is 20.3. The number of carbonyl (C=O) groups excluding carboxylic acids is 2. The van der Waals surface area contributed by atoms with Crippen LogP contribution in [0.4, 0.5) is 4.79 Å². The molecule has 1 aromatic heterocycles. The van der Waals surface area contributed by atoms with Crippen molar-refractivity contribution in [2.75, 3.05) is 32.8 Å². The fourth-order valence-corrected chi connectivity index (χ4v) is 5.27. The van der Waals surface area contributed by atoms with E-state index >= 15 is 0 Å². The Morgan fingerprint density at radius 1 is 0.943 bits per heavy atom. The SMILES string of the molecule is O=C(Cc1ccc(OCC[C@H]2C[C@@H]2C2CCN(C(=O)OCc3ccccc3)CC2)nc1)N1CCC1. The monoisotopic (exact) mass is 477 g/mol. The van der Waals surface area contributed by atoms with Gasteiger partial charge in [-0.05, 0) is 61.0 Å². The van der Waals surface area contributed by atoms with Crippen LogP contribution in [-0.4, -0.2) is 59.6 Å². The molecule has 2 aliphatic heterocycles. The zero-order valence-corrected chi connectivity index (χ0v) is 20.3. The Balaban J connectivity index is 0.959. The van der Waals surface area contributed by atoms with Crippen molar-refractivity contribution in [1.82, 2.24) is 14.8 Å². The van der Waals surface area contributed by atoms with Crippen molar-refractivity contribution in [3.05, 3.63) is 59.8 Å². The number of amides is 2. The van der Waals surface area contributed by atoms with Crippen LogP contribution in [0.25, 0.3) is 0 Å². The molecule has 2 amide bonds. The summed E-state index contributed by atoms with van der Waals surface area (Å²) in [5.41, 5.74) is 1.95. The first-order valence-corrected chi connectivity index (χ1v) is 13.0. The summed E-state index contributed by atoms with van der Waals surface area (Å²) in [6.45, 7) is 4.35. The van der Waals surface area contributed by atoms with Gasteiger partial charge in [0, 0.05) is 38.4 Å². The molecular formula is C28H35N3O4. The maximum absolute atomic E-state index is 12.4. The topological polar surface area (TPSA) is 72.0 Å². The van der Waals surface area contributed by atoms with E-state index in [4.69, 9.17) is 9.47 Å². The fraction of sp³-hybridized carbons (Fsp3) is 0.536. The minimum Gasteiger partial charge on any atom is -0.478 e. The fourth-order valence-electron chi connectivity index (χ4n) is 5.27. The smallest absolute Gasteiger partial charge is 0.410 e. The summed E-state index contributed by atoms with van der Waals surface area (Å²) in [6.07, 6.45) is 7.51. The molecule has 1 saturated carbocycles. The van der Waals surface area contributed by atoms with Crippen molar-refractivity contribution in [1.29, 1.82) is 0 Å². The van der Waals surface area contributed by atoms with Gasteiger partial charge in [-0.1, -0.05) is 36.4 Å². The summed E-state index contributed by atoms with van der Waals surface area (Å²) in [5.74, 6) is 2.97. The van der Waals surface area contributed by atoms with Crippen molar-refractivity contribution < 1.29 is 19.1 Å². The van der Waals surface area contributed by atoms with Gasteiger partial charge in [-0.2, -0.15) is 0 Å². The van der Waals surface area contributed by atoms with E-state index in [1.54, 1.807) is 6.20 Å². The number of rotatable bonds is 9. The van der Waals surface area contributed by atoms with Crippen LogP contribution in [0.15, 0.2) is 48.7 Å². The lowest BCUT2D eigenvalue weighted by Crippen LogP contribution is -2.42. The van der Waals surface area contributed by atoms with Crippen molar-refractivity contribution in [2.45, 2.75) is 45.1 Å². The third kappa shape index (κ3) is 6.32. The molecule has 3 heterocycles. The largest absolute Gasteiger partial charge is 0.478 e. The molecule has 0 spiro atoms. The van der Waals surface area contributed by atoms with Gasteiger partial charge in [0.2, 0.25) is 11.8 Å². The van der Waals surface area contributed by atoms with E-state index in [0.717, 1.165) is 68.9 Å². The molecule has 5 rings (SSSR count). The Kier molecular flexibility index (Phi) is 7.50. The molecule has 3 aliphatic rings. The van der Waals surface area contributed by atoms with E-state index in [0.29, 0.717) is 37.4 Å². The van der Waals surface area contributed by atoms with E-state index in [1.807, 2.05) is 52.3 Å². The third-order valence-electron chi connectivity index (χ3n) is 7.69. The second-order valence-corrected chi connectivity index (χ2v) is 10.1. The Labute approximate surface area is 207 Å². The predicted octanol–water partition coefficient (Wildman–Crippen LogP) is 4.31. The number of likely N-dealkylation sites (tertiary alicyclic amines) is 2. The number of carbonyl (C=O) groups is 2. The molecule has 1 aromatic carbocycles. The Hall–Kier alpha value is -3.09. The van der Waals surface area contributed by atoms with Crippen LogP contribution in [0, 0.1) is 17.8 Å². The number of hydrogen-bond donors (Lipinski definition) is 0. The van der Waals surface area contributed by atoms with Gasteiger partial charge in [-0.25, -0.2) is 9.78 Å². The highest BCUT2D eigenvalue weighted by atomic mass is 16.6. The number of ether oxygens (including phenoxy) is 2. The average molecular weight is 478 g/mol. The number of benzene rings is 1. The number of piperidine rings is 1.